The molecule has 0 radical (unpaired) electrons. The van der Waals surface area contributed by atoms with Crippen LogP contribution in [-0.2, 0) is 33.3 Å². The third kappa shape index (κ3) is 59.7. The first kappa shape index (κ1) is 73.2. The van der Waals surface area contributed by atoms with E-state index in [0.29, 0.717) is 17.4 Å². The van der Waals surface area contributed by atoms with Crippen LogP contribution >= 0.6 is 0 Å². The fraction of sp³-hybridized carbons (Fsp3) is 0.721. The van der Waals surface area contributed by atoms with Gasteiger partial charge in [-0.05, 0) is 96.3 Å². The van der Waals surface area contributed by atoms with Crippen LogP contribution in [0.2, 0.25) is 0 Å². The molecule has 2 atom stereocenters. The fourth-order valence-corrected chi connectivity index (χ4v) is 8.51. The number of esters is 2. The van der Waals surface area contributed by atoms with Crippen molar-refractivity contribution < 1.29 is 42.9 Å². The Morgan fingerprint density at radius 1 is 0.403 bits per heavy atom. The SMILES string of the molecule is CC/C=C\C/C=C\C/C=C\C/C=C\C/C=C\C/C=C\C/C=C\CCCCCC(=O)OC(COC(=O)CCCCCCCCCCCCCCCCC/C=C\CCCCCCCCCC)COC(OCC[N+](C)(C)C)C(=O)[O-]. The summed E-state index contributed by atoms with van der Waals surface area (Å²) in [7, 11) is 5.91. The highest BCUT2D eigenvalue weighted by Gasteiger charge is 2.22. The van der Waals surface area contributed by atoms with Crippen molar-refractivity contribution >= 4 is 17.9 Å². The maximum absolute atomic E-state index is 12.9. The predicted octanol–water partition coefficient (Wildman–Crippen LogP) is 17.6. The second-order valence-corrected chi connectivity index (χ2v) is 22.0. The number of quaternary nitrogens is 1. The van der Waals surface area contributed by atoms with Crippen molar-refractivity contribution in [1.29, 1.82) is 0 Å². The Hall–Kier alpha value is -3.79. The van der Waals surface area contributed by atoms with E-state index in [0.717, 1.165) is 83.5 Å². The van der Waals surface area contributed by atoms with Crippen LogP contribution in [0.5, 0.6) is 0 Å². The molecule has 2 unspecified atom stereocenters. The molecule has 0 aromatic carbocycles. The van der Waals surface area contributed by atoms with E-state index in [4.69, 9.17) is 18.9 Å². The molecule has 0 heterocycles. The van der Waals surface area contributed by atoms with Crippen LogP contribution in [0.1, 0.15) is 258 Å². The summed E-state index contributed by atoms with van der Waals surface area (Å²) in [6.45, 7) is 4.61. The van der Waals surface area contributed by atoms with Crippen molar-refractivity contribution in [2.75, 3.05) is 47.5 Å². The average molecular weight is 1080 g/mol. The fourth-order valence-electron chi connectivity index (χ4n) is 8.51. The van der Waals surface area contributed by atoms with Crippen LogP contribution in [0.25, 0.3) is 0 Å². The maximum atomic E-state index is 12.9. The highest BCUT2D eigenvalue weighted by atomic mass is 16.7. The number of hydrogen-bond acceptors (Lipinski definition) is 8. The van der Waals surface area contributed by atoms with Crippen molar-refractivity contribution in [3.8, 4) is 0 Å². The van der Waals surface area contributed by atoms with E-state index in [1.807, 2.05) is 21.1 Å². The summed E-state index contributed by atoms with van der Waals surface area (Å²) in [5, 5.41) is 11.8. The zero-order valence-corrected chi connectivity index (χ0v) is 50.3. The molecular weight excluding hydrogens is 959 g/mol. The molecule has 0 bridgehead atoms. The lowest BCUT2D eigenvalue weighted by molar-refractivity contribution is -0.870. The molecule has 9 nitrogen and oxygen atoms in total. The van der Waals surface area contributed by atoms with Gasteiger partial charge in [-0.3, -0.25) is 9.59 Å². The van der Waals surface area contributed by atoms with E-state index in [9.17, 15) is 19.5 Å². The highest BCUT2D eigenvalue weighted by Crippen LogP contribution is 2.16. The topological polar surface area (TPSA) is 111 Å². The van der Waals surface area contributed by atoms with Crippen LogP contribution < -0.4 is 5.11 Å². The highest BCUT2D eigenvalue weighted by molar-refractivity contribution is 5.70. The van der Waals surface area contributed by atoms with E-state index in [2.05, 4.69) is 111 Å². The Morgan fingerprint density at radius 3 is 1.13 bits per heavy atom. The Morgan fingerprint density at radius 2 is 0.740 bits per heavy atom. The standard InChI is InChI=1S/C68H117NO8/c1-6-8-10-12-14-16-18-20-22-24-26-28-30-32-33-35-36-38-40-42-44-46-48-50-52-54-56-58-65(70)75-62-64(63-76-68(67(72)73)74-61-60-69(3,4)5)77-66(71)59-57-55-53-51-49-47-45-43-41-39-37-34-31-29-27-25-23-21-19-17-15-13-11-9-7-2/h9,11,15,17,21,23-24,26-27,29,34,37,41,43,47,49,64,68H,6-8,10,12-14,16,18-20,22,25,28,30-33,35-36,38-40,42,44-46,48,50-63H2,1-5H3/b11-9-,17-15-,23-21-,26-24-,29-27-,37-34-,43-41-,49-47-. The minimum Gasteiger partial charge on any atom is -0.545 e. The summed E-state index contributed by atoms with van der Waals surface area (Å²) in [5.74, 6) is -2.33. The lowest BCUT2D eigenvalue weighted by Gasteiger charge is -2.26. The van der Waals surface area contributed by atoms with Gasteiger partial charge in [0.05, 0.1) is 40.3 Å². The maximum Gasteiger partial charge on any atom is 0.306 e. The molecule has 0 aromatic heterocycles. The van der Waals surface area contributed by atoms with Gasteiger partial charge < -0.3 is 33.3 Å². The van der Waals surface area contributed by atoms with E-state index in [1.165, 1.54) is 141 Å². The zero-order valence-electron chi connectivity index (χ0n) is 50.3. The molecule has 0 aliphatic rings. The van der Waals surface area contributed by atoms with Crippen LogP contribution in [0.4, 0.5) is 0 Å². The molecule has 0 N–H and O–H groups in total. The molecular formula is C68H117NO8. The van der Waals surface area contributed by atoms with Gasteiger partial charge in [-0.25, -0.2) is 0 Å². The summed E-state index contributed by atoms with van der Waals surface area (Å²) in [6.07, 6.45) is 76.1. The van der Waals surface area contributed by atoms with Crippen LogP contribution in [0.3, 0.4) is 0 Å². The number of allylic oxidation sites excluding steroid dienone is 16. The van der Waals surface area contributed by atoms with Crippen LogP contribution in [-0.4, -0.2) is 82.3 Å². The molecule has 0 fully saturated rings. The molecule has 0 spiro atoms. The number of hydrogen-bond donors (Lipinski definition) is 0. The van der Waals surface area contributed by atoms with Crippen molar-refractivity contribution in [3.05, 3.63) is 97.2 Å². The Bertz CT molecular complexity index is 1580. The van der Waals surface area contributed by atoms with Gasteiger partial charge in [0.1, 0.15) is 13.2 Å². The van der Waals surface area contributed by atoms with E-state index in [1.54, 1.807) is 0 Å². The summed E-state index contributed by atoms with van der Waals surface area (Å²) in [5.41, 5.74) is 0. The Kier molecular flexibility index (Phi) is 55.5. The molecule has 0 rings (SSSR count). The number of unbranched alkanes of at least 4 members (excludes halogenated alkanes) is 26. The van der Waals surface area contributed by atoms with Gasteiger partial charge in [0.25, 0.3) is 0 Å². The molecule has 0 amide bonds. The van der Waals surface area contributed by atoms with E-state index < -0.39 is 24.3 Å². The number of aliphatic carboxylic acids is 1. The summed E-state index contributed by atoms with van der Waals surface area (Å²) < 4.78 is 22.7. The first-order chi connectivity index (χ1) is 37.6. The van der Waals surface area contributed by atoms with Gasteiger partial charge in [0.2, 0.25) is 0 Å². The number of likely N-dealkylation sites (N-methyl/N-ethyl adjacent to an activating group) is 1. The quantitative estimate of drug-likeness (QED) is 0.0195. The van der Waals surface area contributed by atoms with E-state index in [-0.39, 0.29) is 38.6 Å². The summed E-state index contributed by atoms with van der Waals surface area (Å²) >= 11 is 0. The lowest BCUT2D eigenvalue weighted by Crippen LogP contribution is -2.44. The summed E-state index contributed by atoms with van der Waals surface area (Å²) in [6, 6.07) is 0. The monoisotopic (exact) mass is 1080 g/mol. The number of ether oxygens (including phenoxy) is 4. The molecule has 77 heavy (non-hydrogen) atoms. The largest absolute Gasteiger partial charge is 0.545 e. The molecule has 0 aliphatic heterocycles. The first-order valence-corrected chi connectivity index (χ1v) is 31.4. The number of rotatable bonds is 57. The second kappa shape index (κ2) is 58.4. The first-order valence-electron chi connectivity index (χ1n) is 31.4. The minimum atomic E-state index is -1.64. The Labute approximate surface area is 473 Å². The minimum absolute atomic E-state index is 0.137. The van der Waals surface area contributed by atoms with Crippen molar-refractivity contribution in [3.63, 3.8) is 0 Å². The molecule has 442 valence electrons. The summed E-state index contributed by atoms with van der Waals surface area (Å²) in [4.78, 5) is 37.4. The molecule has 0 aliphatic carbocycles. The average Bonchev–Trinajstić information content (AvgIpc) is 3.40. The molecule has 0 saturated carbocycles. The third-order valence-corrected chi connectivity index (χ3v) is 13.3. The van der Waals surface area contributed by atoms with Gasteiger partial charge in [-0.1, -0.05) is 246 Å². The lowest BCUT2D eigenvalue weighted by atomic mass is 10.0. The number of nitrogens with zero attached hydrogens (tertiary/aromatic N) is 1. The zero-order chi connectivity index (χ0) is 56.2. The predicted molar refractivity (Wildman–Crippen MR) is 324 cm³/mol. The Balaban J connectivity index is 4.26. The van der Waals surface area contributed by atoms with Gasteiger partial charge >= 0.3 is 11.9 Å². The smallest absolute Gasteiger partial charge is 0.306 e. The van der Waals surface area contributed by atoms with Gasteiger partial charge in [-0.15, -0.1) is 0 Å². The second-order valence-electron chi connectivity index (χ2n) is 22.0. The number of carboxylic acids is 1. The number of carboxylic acid groups (broad SMARTS) is 1. The van der Waals surface area contributed by atoms with Crippen LogP contribution in [0, 0.1) is 0 Å². The third-order valence-electron chi connectivity index (χ3n) is 13.3. The van der Waals surface area contributed by atoms with Gasteiger partial charge in [-0.2, -0.15) is 0 Å². The van der Waals surface area contributed by atoms with Gasteiger partial charge in [0, 0.05) is 12.8 Å². The molecule has 0 aromatic rings. The van der Waals surface area contributed by atoms with Gasteiger partial charge in [0.15, 0.2) is 12.4 Å². The normalized spacial score (nSPS) is 13.4. The number of carbonyl (C=O) groups is 3. The van der Waals surface area contributed by atoms with Crippen LogP contribution in [0.15, 0.2) is 97.2 Å². The molecule has 0 saturated heterocycles. The van der Waals surface area contributed by atoms with Crippen molar-refractivity contribution in [2.45, 2.75) is 270 Å². The number of carbonyl (C=O) groups excluding carboxylic acids is 3. The van der Waals surface area contributed by atoms with Crippen molar-refractivity contribution in [2.24, 2.45) is 0 Å². The van der Waals surface area contributed by atoms with Crippen molar-refractivity contribution in [1.82, 2.24) is 0 Å². The van der Waals surface area contributed by atoms with E-state index >= 15 is 0 Å². The molecule has 9 heteroatoms.